The number of hydrogen-bond acceptors (Lipinski definition) is 6. The molecule has 7 nitrogen and oxygen atoms in total. The molecule has 0 atom stereocenters. The van der Waals surface area contributed by atoms with Gasteiger partial charge in [-0.25, -0.2) is 4.79 Å². The number of fused-ring (bicyclic) bond motifs is 1. The number of thiol groups is 1. The Balaban J connectivity index is 1.82. The molecule has 0 unspecified atom stereocenters. The quantitative estimate of drug-likeness (QED) is 0.836. The van der Waals surface area contributed by atoms with E-state index >= 15 is 0 Å². The molecule has 2 amide bonds. The summed E-state index contributed by atoms with van der Waals surface area (Å²) in [4.78, 5) is 30.1. The van der Waals surface area contributed by atoms with Gasteiger partial charge in [-0.2, -0.15) is 4.98 Å². The Hall–Kier alpha value is -2.74. The highest BCUT2D eigenvalue weighted by Crippen LogP contribution is 2.34. The molecule has 8 heteroatoms. The number of methoxy groups -OCH3 is 1. The number of benzene rings is 1. The zero-order chi connectivity index (χ0) is 17.1. The van der Waals surface area contributed by atoms with Crippen molar-refractivity contribution < 1.29 is 19.1 Å². The van der Waals surface area contributed by atoms with E-state index in [2.05, 4.69) is 22.9 Å². The highest BCUT2D eigenvalue weighted by atomic mass is 32.1. The fourth-order valence-corrected chi connectivity index (χ4v) is 2.55. The van der Waals surface area contributed by atoms with Crippen LogP contribution in [-0.2, 0) is 16.1 Å². The van der Waals surface area contributed by atoms with E-state index in [1.54, 1.807) is 6.07 Å². The summed E-state index contributed by atoms with van der Waals surface area (Å²) in [5.74, 6) is 0.134. The number of carbonyl (C=O) groups excluding carboxylic acids is 2. The van der Waals surface area contributed by atoms with E-state index in [4.69, 9.17) is 9.47 Å². The van der Waals surface area contributed by atoms with Gasteiger partial charge in [-0.3, -0.25) is 9.69 Å². The number of carbonyl (C=O) groups is 2. The number of rotatable bonds is 3. The second-order valence-corrected chi connectivity index (χ2v) is 5.54. The van der Waals surface area contributed by atoms with Gasteiger partial charge in [-0.1, -0.05) is 30.3 Å². The lowest BCUT2D eigenvalue weighted by atomic mass is 10.2. The largest absolute Gasteiger partial charge is 0.480 e. The molecule has 0 aliphatic carbocycles. The normalized spacial score (nSPS) is 13.1. The maximum absolute atomic E-state index is 12.4. The highest BCUT2D eigenvalue weighted by Gasteiger charge is 2.30. The first-order valence-corrected chi connectivity index (χ1v) is 7.59. The van der Waals surface area contributed by atoms with Gasteiger partial charge in [0.15, 0.2) is 5.82 Å². The Morgan fingerprint density at radius 2 is 2.12 bits per heavy atom. The molecular formula is C16H15N3O4S. The second kappa shape index (κ2) is 6.79. The summed E-state index contributed by atoms with van der Waals surface area (Å²) >= 11 is 4.27. The van der Waals surface area contributed by atoms with E-state index in [1.807, 2.05) is 30.3 Å². The van der Waals surface area contributed by atoms with Crippen molar-refractivity contribution in [3.05, 3.63) is 42.0 Å². The average Bonchev–Trinajstić information content (AvgIpc) is 2.59. The summed E-state index contributed by atoms with van der Waals surface area (Å²) in [5.41, 5.74) is 1.27. The number of nitrogens with one attached hydrogen (secondary N) is 1. The molecule has 1 aliphatic rings. The summed E-state index contributed by atoms with van der Waals surface area (Å²) in [7, 11) is 1.45. The fraction of sp³-hybridized carbons (Fsp3) is 0.188. The lowest BCUT2D eigenvalue weighted by Crippen LogP contribution is -2.42. The Bertz CT molecular complexity index is 782. The summed E-state index contributed by atoms with van der Waals surface area (Å²) in [6, 6.07) is 10.9. The SMILES string of the molecule is COc1nc2c(cc1S)N(C(=O)OCc1ccccc1)CC(=O)N2. The van der Waals surface area contributed by atoms with E-state index < -0.39 is 6.09 Å². The number of amides is 2. The zero-order valence-corrected chi connectivity index (χ0v) is 13.7. The van der Waals surface area contributed by atoms with Crippen LogP contribution in [0.1, 0.15) is 5.56 Å². The van der Waals surface area contributed by atoms with Gasteiger partial charge in [0.25, 0.3) is 0 Å². The van der Waals surface area contributed by atoms with Crippen molar-refractivity contribution in [1.82, 2.24) is 4.98 Å². The first-order chi connectivity index (χ1) is 11.6. The summed E-state index contributed by atoms with van der Waals surface area (Å²) < 4.78 is 10.4. The van der Waals surface area contributed by atoms with Crippen molar-refractivity contribution in [3.63, 3.8) is 0 Å². The minimum atomic E-state index is -0.630. The summed E-state index contributed by atoms with van der Waals surface area (Å²) in [6.07, 6.45) is -0.630. The van der Waals surface area contributed by atoms with Crippen LogP contribution in [0.25, 0.3) is 0 Å². The highest BCUT2D eigenvalue weighted by molar-refractivity contribution is 7.80. The van der Waals surface area contributed by atoms with E-state index in [9.17, 15) is 9.59 Å². The predicted molar refractivity (Wildman–Crippen MR) is 90.6 cm³/mol. The Morgan fingerprint density at radius 1 is 1.38 bits per heavy atom. The van der Waals surface area contributed by atoms with E-state index in [-0.39, 0.29) is 30.8 Å². The van der Waals surface area contributed by atoms with Crippen LogP contribution in [0.5, 0.6) is 5.88 Å². The molecule has 1 aromatic carbocycles. The standard InChI is InChI=1S/C16H15N3O4S/c1-22-15-12(24)7-11-14(18-15)17-13(20)8-19(11)16(21)23-9-10-5-3-2-4-6-10/h2-7,24H,8-9H2,1H3,(H,17,18,20). The molecule has 1 aliphatic heterocycles. The fourth-order valence-electron chi connectivity index (χ4n) is 2.28. The van der Waals surface area contributed by atoms with Gasteiger partial charge < -0.3 is 14.8 Å². The topological polar surface area (TPSA) is 80.8 Å². The van der Waals surface area contributed by atoms with Crippen molar-refractivity contribution in [2.75, 3.05) is 23.9 Å². The molecule has 1 N–H and O–H groups in total. The van der Waals surface area contributed by atoms with E-state index in [0.717, 1.165) is 5.56 Å². The maximum atomic E-state index is 12.4. The average molecular weight is 345 g/mol. The number of anilines is 2. The third-order valence-corrected chi connectivity index (χ3v) is 3.74. The molecule has 0 fully saturated rings. The first kappa shape index (κ1) is 16.1. The van der Waals surface area contributed by atoms with Crippen molar-refractivity contribution in [3.8, 4) is 5.88 Å². The third kappa shape index (κ3) is 3.28. The number of pyridine rings is 1. The number of hydrogen-bond donors (Lipinski definition) is 2. The van der Waals surface area contributed by atoms with Crippen LogP contribution in [0.3, 0.4) is 0 Å². The van der Waals surface area contributed by atoms with Gasteiger partial charge in [0, 0.05) is 0 Å². The van der Waals surface area contributed by atoms with Crippen molar-refractivity contribution in [2.24, 2.45) is 0 Å². The van der Waals surface area contributed by atoms with Gasteiger partial charge >= 0.3 is 6.09 Å². The van der Waals surface area contributed by atoms with Crippen molar-refractivity contribution >= 4 is 36.1 Å². The van der Waals surface area contributed by atoms with Crippen LogP contribution in [0.15, 0.2) is 41.3 Å². The predicted octanol–water partition coefficient (Wildman–Crippen LogP) is 2.47. The molecule has 0 radical (unpaired) electrons. The lowest BCUT2D eigenvalue weighted by Gasteiger charge is -2.28. The first-order valence-electron chi connectivity index (χ1n) is 7.14. The molecule has 24 heavy (non-hydrogen) atoms. The summed E-state index contributed by atoms with van der Waals surface area (Å²) in [6.45, 7) is -0.0354. The molecule has 0 bridgehead atoms. The summed E-state index contributed by atoms with van der Waals surface area (Å²) in [5, 5.41) is 2.61. The molecule has 3 rings (SSSR count). The van der Waals surface area contributed by atoms with Crippen LogP contribution in [0.2, 0.25) is 0 Å². The molecule has 2 heterocycles. The Labute approximate surface area is 144 Å². The number of nitrogens with zero attached hydrogens (tertiary/aromatic N) is 2. The Morgan fingerprint density at radius 3 is 2.83 bits per heavy atom. The third-order valence-electron chi connectivity index (χ3n) is 3.42. The van der Waals surface area contributed by atoms with Crippen molar-refractivity contribution in [2.45, 2.75) is 11.5 Å². The molecule has 0 saturated carbocycles. The monoisotopic (exact) mass is 345 g/mol. The smallest absolute Gasteiger partial charge is 0.415 e. The lowest BCUT2D eigenvalue weighted by molar-refractivity contribution is -0.115. The molecule has 2 aromatic rings. The van der Waals surface area contributed by atoms with E-state index in [0.29, 0.717) is 10.6 Å². The van der Waals surface area contributed by atoms with Crippen molar-refractivity contribution in [1.29, 1.82) is 0 Å². The molecule has 1 aromatic heterocycles. The maximum Gasteiger partial charge on any atom is 0.415 e. The minimum Gasteiger partial charge on any atom is -0.480 e. The number of ether oxygens (including phenoxy) is 2. The minimum absolute atomic E-state index is 0.116. The van der Waals surface area contributed by atoms with Gasteiger partial charge in [-0.15, -0.1) is 12.6 Å². The van der Waals surface area contributed by atoms with Gasteiger partial charge in [0.05, 0.1) is 17.7 Å². The van der Waals surface area contributed by atoms with Gasteiger partial charge in [0.2, 0.25) is 11.8 Å². The van der Waals surface area contributed by atoms with Crippen LogP contribution < -0.4 is 15.0 Å². The van der Waals surface area contributed by atoms with E-state index in [1.165, 1.54) is 12.0 Å². The van der Waals surface area contributed by atoms with Crippen LogP contribution >= 0.6 is 12.6 Å². The molecule has 0 spiro atoms. The number of aromatic nitrogens is 1. The van der Waals surface area contributed by atoms with Gasteiger partial charge in [-0.05, 0) is 11.6 Å². The van der Waals surface area contributed by atoms with Crippen LogP contribution in [0, 0.1) is 0 Å². The second-order valence-electron chi connectivity index (χ2n) is 5.06. The molecule has 124 valence electrons. The van der Waals surface area contributed by atoms with Gasteiger partial charge in [0.1, 0.15) is 13.2 Å². The Kier molecular flexibility index (Phi) is 4.57. The molecule has 0 saturated heterocycles. The molecular weight excluding hydrogens is 330 g/mol. The van der Waals surface area contributed by atoms with Crippen LogP contribution in [0.4, 0.5) is 16.3 Å². The van der Waals surface area contributed by atoms with Crippen LogP contribution in [-0.4, -0.2) is 30.6 Å². The zero-order valence-electron chi connectivity index (χ0n) is 12.9.